The van der Waals surface area contributed by atoms with Gasteiger partial charge in [-0.05, 0) is 65.9 Å². The largest absolute Gasteiger partial charge is 0.468 e. The molecule has 2 aromatic heterocycles. The molecule has 2 aliphatic heterocycles. The molecule has 2 atom stereocenters. The van der Waals surface area contributed by atoms with Crippen molar-refractivity contribution in [3.05, 3.63) is 47.7 Å². The van der Waals surface area contributed by atoms with Crippen LogP contribution in [0.3, 0.4) is 0 Å². The minimum Gasteiger partial charge on any atom is -0.468 e. The van der Waals surface area contributed by atoms with Crippen LogP contribution in [0, 0.1) is 34.9 Å². The molecule has 2 N–H and O–H groups in total. The maximum atomic E-state index is 17.6. The number of hydrogen-bond acceptors (Lipinski definition) is 10. The summed E-state index contributed by atoms with van der Waals surface area (Å²) >= 11 is 0. The minimum atomic E-state index is -2.29. The molecule has 13 heteroatoms. The van der Waals surface area contributed by atoms with Gasteiger partial charge in [-0.25, -0.2) is 8.78 Å². The van der Waals surface area contributed by atoms with E-state index in [0.29, 0.717) is 81.9 Å². The molecule has 0 saturated carbocycles. The molecule has 320 valence electrons. The SMILES string of the molecule is COCOc1cc(-c2ncc3c(N4CCC[C@@](C)(O)C4)nc(OC[C@@H](CN4CCNCC4)C(C)C)nc3c2F)c2c(C#C[Si](C(C)C)(C(C)C)C(C)C)c(F)ccc2c1. The summed E-state index contributed by atoms with van der Waals surface area (Å²) < 4.78 is 51.4. The predicted octanol–water partition coefficient (Wildman–Crippen LogP) is 8.58. The third-order valence-corrected chi connectivity index (χ3v) is 18.9. The molecular weight excluding hydrogens is 767 g/mol. The number of anilines is 1. The molecule has 4 aromatic rings. The van der Waals surface area contributed by atoms with E-state index >= 15 is 8.78 Å². The second-order valence-corrected chi connectivity index (χ2v) is 23.7. The number of aromatic nitrogens is 3. The first-order valence-electron chi connectivity index (χ1n) is 21.4. The van der Waals surface area contributed by atoms with Gasteiger partial charge in [-0.1, -0.05) is 67.4 Å². The zero-order valence-electron chi connectivity index (χ0n) is 36.7. The Bertz CT molecular complexity index is 2140. The highest BCUT2D eigenvalue weighted by atomic mass is 28.3. The molecule has 0 bridgehead atoms. The quantitative estimate of drug-likeness (QED) is 0.0730. The maximum absolute atomic E-state index is 17.6. The van der Waals surface area contributed by atoms with Gasteiger partial charge in [0.1, 0.15) is 36.7 Å². The maximum Gasteiger partial charge on any atom is 0.319 e. The molecule has 2 fully saturated rings. The number of halogens is 2. The number of fused-ring (bicyclic) bond motifs is 2. The van der Waals surface area contributed by atoms with Gasteiger partial charge in [-0.3, -0.25) is 4.98 Å². The number of piperidine rings is 1. The molecular formula is C46H64F2N6O4Si. The monoisotopic (exact) mass is 830 g/mol. The van der Waals surface area contributed by atoms with Crippen molar-refractivity contribution in [2.24, 2.45) is 11.8 Å². The lowest BCUT2D eigenvalue weighted by Gasteiger charge is -2.38. The standard InChI is InChI=1S/C46H64F2N6O4Si/c1-29(2)34(25-53-19-16-49-17-20-53)26-57-45-51-43-38(44(52-45)54-18-11-15-46(9,55)27-54)24-50-42(41(43)48)37-23-35(58-28-56-10)22-33-12-13-39(47)36(40(33)37)14-21-59(30(3)4,31(5)6)32(7)8/h12-13,22-24,29-32,34,49,55H,11,15-20,25-28H2,1-10H3/t34-,46-/m1/s1. The number of pyridine rings is 1. The Hall–Kier alpha value is -3.93. The van der Waals surface area contributed by atoms with Crippen LogP contribution in [0.25, 0.3) is 32.9 Å². The fourth-order valence-corrected chi connectivity index (χ4v) is 14.5. The number of rotatable bonds is 14. The average Bonchev–Trinajstić information content (AvgIpc) is 3.18. The Morgan fingerprint density at radius 1 is 0.966 bits per heavy atom. The smallest absolute Gasteiger partial charge is 0.319 e. The van der Waals surface area contributed by atoms with Crippen LogP contribution in [0.4, 0.5) is 14.6 Å². The highest BCUT2D eigenvalue weighted by molar-refractivity contribution is 6.90. The Kier molecular flexibility index (Phi) is 14.2. The zero-order chi connectivity index (χ0) is 42.6. The molecule has 4 heterocycles. The van der Waals surface area contributed by atoms with Crippen LogP contribution in [0.15, 0.2) is 30.5 Å². The summed E-state index contributed by atoms with van der Waals surface area (Å²) in [6.07, 6.45) is 2.94. The van der Waals surface area contributed by atoms with E-state index in [1.54, 1.807) is 31.3 Å². The van der Waals surface area contributed by atoms with E-state index < -0.39 is 25.3 Å². The number of nitrogens with zero attached hydrogens (tertiary/aromatic N) is 5. The van der Waals surface area contributed by atoms with Crippen LogP contribution < -0.4 is 19.7 Å². The lowest BCUT2D eigenvalue weighted by Crippen LogP contribution is -2.46. The van der Waals surface area contributed by atoms with Crippen LogP contribution in [0.2, 0.25) is 16.6 Å². The normalized spacial score (nSPS) is 18.6. The summed E-state index contributed by atoms with van der Waals surface area (Å²) in [6.45, 7) is 25.4. The van der Waals surface area contributed by atoms with Crippen LogP contribution in [0.1, 0.15) is 80.7 Å². The third kappa shape index (κ3) is 9.68. The summed E-state index contributed by atoms with van der Waals surface area (Å²) in [5.74, 6) is 3.51. The van der Waals surface area contributed by atoms with Gasteiger partial charge < -0.3 is 34.4 Å². The van der Waals surface area contributed by atoms with Crippen molar-refractivity contribution < 1.29 is 28.1 Å². The van der Waals surface area contributed by atoms with Gasteiger partial charge in [0, 0.05) is 76.0 Å². The molecule has 59 heavy (non-hydrogen) atoms. The van der Waals surface area contributed by atoms with E-state index in [1.165, 1.54) is 13.2 Å². The number of aliphatic hydroxyl groups is 1. The van der Waals surface area contributed by atoms with E-state index in [9.17, 15) is 5.11 Å². The highest BCUT2D eigenvalue weighted by Crippen LogP contribution is 2.43. The lowest BCUT2D eigenvalue weighted by molar-refractivity contribution is 0.0447. The Morgan fingerprint density at radius 3 is 2.32 bits per heavy atom. The molecule has 0 amide bonds. The second-order valence-electron chi connectivity index (χ2n) is 18.1. The van der Waals surface area contributed by atoms with Gasteiger partial charge in [0.15, 0.2) is 12.6 Å². The molecule has 6 rings (SSSR count). The summed E-state index contributed by atoms with van der Waals surface area (Å²) in [7, 11) is -0.762. The number of β-amino-alcohol motifs (C(OH)–C–C–N with tert-alkyl or cyclic N) is 1. The van der Waals surface area contributed by atoms with Crippen molar-refractivity contribution in [1.82, 2.24) is 25.2 Å². The van der Waals surface area contributed by atoms with Crippen molar-refractivity contribution >= 4 is 35.6 Å². The van der Waals surface area contributed by atoms with Gasteiger partial charge in [-0.2, -0.15) is 9.97 Å². The zero-order valence-corrected chi connectivity index (χ0v) is 37.7. The van der Waals surface area contributed by atoms with Crippen LogP contribution >= 0.6 is 0 Å². The molecule has 0 aliphatic carbocycles. The van der Waals surface area contributed by atoms with E-state index in [1.807, 2.05) is 4.90 Å². The van der Waals surface area contributed by atoms with Gasteiger partial charge in [0.2, 0.25) is 0 Å². The van der Waals surface area contributed by atoms with Crippen LogP contribution in [0.5, 0.6) is 11.8 Å². The molecule has 2 aliphatic rings. The van der Waals surface area contributed by atoms with E-state index in [2.05, 4.69) is 77.1 Å². The number of ether oxygens (including phenoxy) is 3. The number of benzene rings is 2. The highest BCUT2D eigenvalue weighted by Gasteiger charge is 2.42. The fourth-order valence-electron chi connectivity index (χ4n) is 9.32. The number of hydrogen-bond donors (Lipinski definition) is 2. The van der Waals surface area contributed by atoms with Gasteiger partial charge in [0.25, 0.3) is 0 Å². The Morgan fingerprint density at radius 2 is 1.68 bits per heavy atom. The lowest BCUT2D eigenvalue weighted by atomic mass is 9.94. The number of methoxy groups -OCH3 is 1. The van der Waals surface area contributed by atoms with E-state index in [0.717, 1.165) is 39.1 Å². The van der Waals surface area contributed by atoms with E-state index in [4.69, 9.17) is 29.2 Å². The van der Waals surface area contributed by atoms with Crippen molar-refractivity contribution in [2.75, 3.05) is 71.2 Å². The van der Waals surface area contributed by atoms with Crippen molar-refractivity contribution in [1.29, 1.82) is 0 Å². The van der Waals surface area contributed by atoms with Gasteiger partial charge in [0.05, 0.1) is 23.2 Å². The number of nitrogens with one attached hydrogen (secondary N) is 1. The van der Waals surface area contributed by atoms with E-state index in [-0.39, 0.29) is 35.5 Å². The van der Waals surface area contributed by atoms with Crippen LogP contribution in [-0.4, -0.2) is 105 Å². The molecule has 0 unspecified atom stereocenters. The molecule has 0 spiro atoms. The topological polar surface area (TPSA) is 105 Å². The summed E-state index contributed by atoms with van der Waals surface area (Å²) in [5, 5.41) is 16.0. The predicted molar refractivity (Wildman–Crippen MR) is 236 cm³/mol. The Balaban J connectivity index is 1.55. The first-order valence-corrected chi connectivity index (χ1v) is 23.6. The first kappa shape index (κ1) is 44.6. The average molecular weight is 831 g/mol. The number of piperazine rings is 1. The molecule has 10 nitrogen and oxygen atoms in total. The van der Waals surface area contributed by atoms with Crippen molar-refractivity contribution in [3.8, 4) is 34.5 Å². The summed E-state index contributed by atoms with van der Waals surface area (Å²) in [6, 6.07) is 6.59. The first-order chi connectivity index (χ1) is 28.1. The molecule has 2 saturated heterocycles. The third-order valence-electron chi connectivity index (χ3n) is 12.6. The van der Waals surface area contributed by atoms with Crippen molar-refractivity contribution in [2.45, 2.75) is 97.4 Å². The summed E-state index contributed by atoms with van der Waals surface area (Å²) in [4.78, 5) is 18.8. The Labute approximate surface area is 350 Å². The molecule has 0 radical (unpaired) electrons. The van der Waals surface area contributed by atoms with Gasteiger partial charge >= 0.3 is 6.01 Å². The summed E-state index contributed by atoms with van der Waals surface area (Å²) in [5.41, 5.74) is 4.22. The minimum absolute atomic E-state index is 0.0228. The van der Waals surface area contributed by atoms with Crippen LogP contribution in [-0.2, 0) is 4.74 Å². The van der Waals surface area contributed by atoms with Gasteiger partial charge in [-0.15, -0.1) is 5.54 Å². The fraction of sp³-hybridized carbons (Fsp3) is 0.587. The van der Waals surface area contributed by atoms with Crippen molar-refractivity contribution in [3.63, 3.8) is 0 Å². The molecule has 2 aromatic carbocycles. The second kappa shape index (κ2) is 18.8.